The van der Waals surface area contributed by atoms with E-state index in [4.69, 9.17) is 5.73 Å². The molecule has 0 spiro atoms. The molecule has 74 valence electrons. The van der Waals surface area contributed by atoms with Gasteiger partial charge in [-0.2, -0.15) is 12.6 Å². The highest BCUT2D eigenvalue weighted by atomic mass is 32.1. The summed E-state index contributed by atoms with van der Waals surface area (Å²) in [7, 11) is 0. The van der Waals surface area contributed by atoms with Crippen molar-refractivity contribution >= 4 is 12.6 Å². The quantitative estimate of drug-likeness (QED) is 0.617. The van der Waals surface area contributed by atoms with Gasteiger partial charge in [0.1, 0.15) is 0 Å². The Balaban J connectivity index is 3.51. The van der Waals surface area contributed by atoms with Crippen molar-refractivity contribution in [2.75, 3.05) is 5.75 Å². The highest BCUT2D eigenvalue weighted by Gasteiger charge is 2.10. The lowest BCUT2D eigenvalue weighted by atomic mass is 9.91. The molecular formula is C10H23NS. The second kappa shape index (κ2) is 6.79. The molecule has 3 atom stereocenters. The monoisotopic (exact) mass is 189 g/mol. The van der Waals surface area contributed by atoms with Crippen molar-refractivity contribution in [1.29, 1.82) is 0 Å². The van der Waals surface area contributed by atoms with Gasteiger partial charge >= 0.3 is 0 Å². The predicted molar refractivity (Wildman–Crippen MR) is 59.7 cm³/mol. The molecule has 0 bridgehead atoms. The van der Waals surface area contributed by atoms with Gasteiger partial charge in [0.05, 0.1) is 0 Å². The minimum atomic E-state index is 0.285. The van der Waals surface area contributed by atoms with Crippen molar-refractivity contribution in [2.45, 2.75) is 46.1 Å². The zero-order valence-electron chi connectivity index (χ0n) is 8.59. The van der Waals surface area contributed by atoms with Crippen LogP contribution in [0.3, 0.4) is 0 Å². The molecule has 0 heterocycles. The van der Waals surface area contributed by atoms with E-state index in [0.717, 1.165) is 24.0 Å². The van der Waals surface area contributed by atoms with Crippen LogP contribution in [0.5, 0.6) is 0 Å². The van der Waals surface area contributed by atoms with E-state index in [0.29, 0.717) is 0 Å². The molecule has 0 aromatic carbocycles. The summed E-state index contributed by atoms with van der Waals surface area (Å²) in [6.45, 7) is 6.84. The molecule has 2 heteroatoms. The van der Waals surface area contributed by atoms with E-state index < -0.39 is 0 Å². The van der Waals surface area contributed by atoms with E-state index in [-0.39, 0.29) is 6.04 Å². The lowest BCUT2D eigenvalue weighted by molar-refractivity contribution is 0.371. The molecule has 0 amide bonds. The Labute approximate surface area is 82.5 Å². The average Bonchev–Trinajstić information content (AvgIpc) is 2.03. The molecule has 12 heavy (non-hydrogen) atoms. The Morgan fingerprint density at radius 1 is 1.17 bits per heavy atom. The third-order valence-corrected chi connectivity index (χ3v) is 2.91. The molecule has 0 saturated carbocycles. The molecule has 0 radical (unpaired) electrons. The Bertz CT molecular complexity index is 94.0. The van der Waals surface area contributed by atoms with Gasteiger partial charge in [0.25, 0.3) is 0 Å². The third-order valence-electron chi connectivity index (χ3n) is 2.44. The molecule has 0 rings (SSSR count). The van der Waals surface area contributed by atoms with Crippen molar-refractivity contribution in [3.05, 3.63) is 0 Å². The average molecular weight is 189 g/mol. The SMILES string of the molecule is CCC(C)CC(C)CC(N)CS. The number of rotatable bonds is 6. The molecule has 0 aliphatic rings. The maximum absolute atomic E-state index is 5.81. The van der Waals surface area contributed by atoms with Crippen molar-refractivity contribution < 1.29 is 0 Å². The van der Waals surface area contributed by atoms with Crippen LogP contribution in [0.1, 0.15) is 40.0 Å². The first-order valence-electron chi connectivity index (χ1n) is 4.96. The summed E-state index contributed by atoms with van der Waals surface area (Å²) in [5, 5.41) is 0. The fraction of sp³-hybridized carbons (Fsp3) is 1.00. The summed E-state index contributed by atoms with van der Waals surface area (Å²) in [4.78, 5) is 0. The molecule has 0 aliphatic heterocycles. The lowest BCUT2D eigenvalue weighted by Gasteiger charge is -2.18. The highest BCUT2D eigenvalue weighted by Crippen LogP contribution is 2.18. The normalized spacial score (nSPS) is 18.8. The second-order valence-corrected chi connectivity index (χ2v) is 4.40. The van der Waals surface area contributed by atoms with Gasteiger partial charge < -0.3 is 5.73 Å². The molecule has 0 aliphatic carbocycles. The molecule has 0 saturated heterocycles. The van der Waals surface area contributed by atoms with Crippen molar-refractivity contribution in [2.24, 2.45) is 17.6 Å². The largest absolute Gasteiger partial charge is 0.327 e. The van der Waals surface area contributed by atoms with Gasteiger partial charge in [0.15, 0.2) is 0 Å². The number of hydrogen-bond donors (Lipinski definition) is 2. The van der Waals surface area contributed by atoms with Crippen molar-refractivity contribution in [1.82, 2.24) is 0 Å². The zero-order chi connectivity index (χ0) is 9.56. The maximum atomic E-state index is 5.81. The van der Waals surface area contributed by atoms with E-state index in [2.05, 4.69) is 33.4 Å². The van der Waals surface area contributed by atoms with Crippen LogP contribution in [-0.4, -0.2) is 11.8 Å². The highest BCUT2D eigenvalue weighted by molar-refractivity contribution is 7.80. The fourth-order valence-electron chi connectivity index (χ4n) is 1.54. The van der Waals surface area contributed by atoms with Gasteiger partial charge in [-0.15, -0.1) is 0 Å². The molecule has 2 N–H and O–H groups in total. The van der Waals surface area contributed by atoms with Crippen LogP contribution in [0, 0.1) is 11.8 Å². The summed E-state index contributed by atoms with van der Waals surface area (Å²) in [5.41, 5.74) is 5.81. The molecule has 0 aromatic rings. The lowest BCUT2D eigenvalue weighted by Crippen LogP contribution is -2.25. The fourth-order valence-corrected chi connectivity index (χ4v) is 1.69. The standard InChI is InChI=1S/C10H23NS/c1-4-8(2)5-9(3)6-10(11)7-12/h8-10,12H,4-7,11H2,1-3H3. The van der Waals surface area contributed by atoms with Crippen LogP contribution in [0.4, 0.5) is 0 Å². The minimum absolute atomic E-state index is 0.285. The van der Waals surface area contributed by atoms with E-state index in [1.807, 2.05) is 0 Å². The number of nitrogens with two attached hydrogens (primary N) is 1. The first-order valence-corrected chi connectivity index (χ1v) is 5.59. The topological polar surface area (TPSA) is 26.0 Å². The van der Waals surface area contributed by atoms with Gasteiger partial charge in [0.2, 0.25) is 0 Å². The van der Waals surface area contributed by atoms with E-state index in [1.165, 1.54) is 12.8 Å². The van der Waals surface area contributed by atoms with Crippen LogP contribution in [-0.2, 0) is 0 Å². The first kappa shape index (κ1) is 12.3. The van der Waals surface area contributed by atoms with Crippen molar-refractivity contribution in [3.8, 4) is 0 Å². The van der Waals surface area contributed by atoms with Crippen LogP contribution in [0.15, 0.2) is 0 Å². The van der Waals surface area contributed by atoms with Gasteiger partial charge in [0, 0.05) is 11.8 Å². The Kier molecular flexibility index (Phi) is 6.96. The molecule has 3 unspecified atom stereocenters. The number of thiol groups is 1. The van der Waals surface area contributed by atoms with Gasteiger partial charge in [-0.1, -0.05) is 27.2 Å². The Hall–Kier alpha value is 0.310. The molecule has 1 nitrogen and oxygen atoms in total. The van der Waals surface area contributed by atoms with E-state index >= 15 is 0 Å². The van der Waals surface area contributed by atoms with E-state index in [1.54, 1.807) is 0 Å². The second-order valence-electron chi connectivity index (χ2n) is 4.03. The number of hydrogen-bond acceptors (Lipinski definition) is 2. The summed E-state index contributed by atoms with van der Waals surface area (Å²) < 4.78 is 0. The van der Waals surface area contributed by atoms with Crippen LogP contribution in [0.25, 0.3) is 0 Å². The van der Waals surface area contributed by atoms with Gasteiger partial charge in [-0.25, -0.2) is 0 Å². The minimum Gasteiger partial charge on any atom is -0.327 e. The maximum Gasteiger partial charge on any atom is 0.0130 e. The summed E-state index contributed by atoms with van der Waals surface area (Å²) in [6.07, 6.45) is 3.70. The predicted octanol–water partition coefficient (Wildman–Crippen LogP) is 2.71. The third kappa shape index (κ3) is 5.90. The molecule has 0 fully saturated rings. The van der Waals surface area contributed by atoms with Crippen molar-refractivity contribution in [3.63, 3.8) is 0 Å². The Morgan fingerprint density at radius 2 is 1.75 bits per heavy atom. The van der Waals surface area contributed by atoms with Crippen LogP contribution >= 0.6 is 12.6 Å². The molecular weight excluding hydrogens is 166 g/mol. The summed E-state index contributed by atoms with van der Waals surface area (Å²) >= 11 is 4.18. The summed E-state index contributed by atoms with van der Waals surface area (Å²) in [5.74, 6) is 2.40. The van der Waals surface area contributed by atoms with Gasteiger partial charge in [-0.05, 0) is 24.7 Å². The summed E-state index contributed by atoms with van der Waals surface area (Å²) in [6, 6.07) is 0.285. The van der Waals surface area contributed by atoms with Crippen LogP contribution < -0.4 is 5.73 Å². The van der Waals surface area contributed by atoms with E-state index in [9.17, 15) is 0 Å². The van der Waals surface area contributed by atoms with Crippen LogP contribution in [0.2, 0.25) is 0 Å². The zero-order valence-corrected chi connectivity index (χ0v) is 9.48. The smallest absolute Gasteiger partial charge is 0.0130 e. The first-order chi connectivity index (χ1) is 5.60. The molecule has 0 aromatic heterocycles. The Morgan fingerprint density at radius 3 is 2.17 bits per heavy atom. The van der Waals surface area contributed by atoms with Gasteiger partial charge in [-0.3, -0.25) is 0 Å².